The molecule has 0 aliphatic rings. The van der Waals surface area contributed by atoms with Crippen LogP contribution in [0.5, 0.6) is 0 Å². The van der Waals surface area contributed by atoms with Crippen molar-refractivity contribution in [2.24, 2.45) is 11.0 Å². The number of primary amides is 1. The summed E-state index contributed by atoms with van der Waals surface area (Å²) in [6, 6.07) is -0.938. The van der Waals surface area contributed by atoms with E-state index in [-0.39, 0.29) is 12.8 Å². The van der Waals surface area contributed by atoms with Crippen molar-refractivity contribution < 1.29 is 14.7 Å². The predicted octanol–water partition coefficient (Wildman–Crippen LogP) is -0.480. The number of carboxylic acids is 1. The van der Waals surface area contributed by atoms with Crippen molar-refractivity contribution in [3.63, 3.8) is 0 Å². The number of amides is 1. The smallest absolute Gasteiger partial charge is 0.303 e. The highest BCUT2D eigenvalue weighted by molar-refractivity contribution is 5.80. The van der Waals surface area contributed by atoms with Gasteiger partial charge in [-0.1, -0.05) is 0 Å². The summed E-state index contributed by atoms with van der Waals surface area (Å²) in [6.45, 7) is 0. The van der Waals surface area contributed by atoms with Gasteiger partial charge in [-0.05, 0) is 5.22 Å². The Morgan fingerprint density at radius 3 is 2.69 bits per heavy atom. The van der Waals surface area contributed by atoms with E-state index in [2.05, 4.69) is 15.6 Å². The second kappa shape index (κ2) is 5.67. The monoisotopic (exact) mass is 187 g/mol. The quantitative estimate of drug-likeness (QED) is 0.223. The van der Waals surface area contributed by atoms with Gasteiger partial charge in [0.2, 0.25) is 0 Å². The summed E-state index contributed by atoms with van der Waals surface area (Å²) >= 11 is 0. The van der Waals surface area contributed by atoms with Crippen molar-refractivity contribution in [1.29, 1.82) is 0 Å². The number of nitrogens with two attached hydrogens (primary N) is 1. The van der Waals surface area contributed by atoms with Gasteiger partial charge in [-0.2, -0.15) is 4.91 Å². The van der Waals surface area contributed by atoms with Crippen molar-refractivity contribution in [2.45, 2.75) is 18.9 Å². The summed E-state index contributed by atoms with van der Waals surface area (Å²) in [6.07, 6.45) is -0.231. The lowest BCUT2D eigenvalue weighted by atomic mass is 10.1. The number of hydrogen-bond acceptors (Lipinski definition) is 3. The molecule has 0 radical (unpaired) electrons. The summed E-state index contributed by atoms with van der Waals surface area (Å²) in [4.78, 5) is 23.1. The zero-order valence-electron chi connectivity index (χ0n) is 6.67. The third kappa shape index (κ3) is 5.33. The Kier molecular flexibility index (Phi) is 4.82. The first-order valence-electron chi connectivity index (χ1n) is 3.38. The Hall–Kier alpha value is -1.95. The summed E-state index contributed by atoms with van der Waals surface area (Å²) in [5.74, 6) is -1.80. The molecule has 1 amide bonds. The number of hydrogen-bond donors (Lipinski definition) is 3. The van der Waals surface area contributed by atoms with Gasteiger partial charge in [-0.3, -0.25) is 9.59 Å². The third-order valence-electron chi connectivity index (χ3n) is 1.25. The van der Waals surface area contributed by atoms with E-state index >= 15 is 0 Å². The molecule has 8 nitrogen and oxygen atoms in total. The van der Waals surface area contributed by atoms with Crippen LogP contribution in [0.4, 0.5) is 0 Å². The molecular formula is C5H9N5O3. The molecule has 0 saturated heterocycles. The van der Waals surface area contributed by atoms with Crippen molar-refractivity contribution in [3.8, 4) is 0 Å². The van der Waals surface area contributed by atoms with E-state index in [1.165, 1.54) is 0 Å². The van der Waals surface area contributed by atoms with Crippen LogP contribution in [0.2, 0.25) is 0 Å². The highest BCUT2D eigenvalue weighted by Gasteiger charge is 2.18. The molecule has 0 heterocycles. The largest absolute Gasteiger partial charge is 0.481 e. The predicted molar refractivity (Wildman–Crippen MR) is 42.1 cm³/mol. The van der Waals surface area contributed by atoms with Gasteiger partial charge >= 0.3 is 5.97 Å². The van der Waals surface area contributed by atoms with Gasteiger partial charge in [-0.15, -0.1) is 5.53 Å². The van der Waals surface area contributed by atoms with Crippen LogP contribution in [0.3, 0.4) is 0 Å². The third-order valence-corrected chi connectivity index (χ3v) is 1.25. The minimum Gasteiger partial charge on any atom is -0.481 e. The number of carbonyl (C=O) groups excluding carboxylic acids is 1. The van der Waals surface area contributed by atoms with Crippen LogP contribution in [0.15, 0.2) is 5.22 Å². The normalized spacial score (nSPS) is 11.1. The maximum atomic E-state index is 10.6. The molecule has 0 spiro atoms. The van der Waals surface area contributed by atoms with Crippen molar-refractivity contribution in [2.75, 3.05) is 0 Å². The summed E-state index contributed by atoms with van der Waals surface area (Å²) in [5, 5.41) is 11.2. The molecule has 0 aromatic rings. The zero-order chi connectivity index (χ0) is 10.3. The fraction of sp³-hybridized carbons (Fsp3) is 0.600. The van der Waals surface area contributed by atoms with Gasteiger partial charge in [0.25, 0.3) is 5.91 Å². The number of azide groups is 1. The van der Waals surface area contributed by atoms with E-state index in [1.54, 1.807) is 0 Å². The lowest BCUT2D eigenvalue weighted by molar-refractivity contribution is -0.137. The van der Waals surface area contributed by atoms with E-state index in [4.69, 9.17) is 16.4 Å². The van der Waals surface area contributed by atoms with E-state index in [0.717, 1.165) is 0 Å². The first-order chi connectivity index (χ1) is 6.07. The maximum Gasteiger partial charge on any atom is 0.303 e. The first kappa shape index (κ1) is 11.1. The molecule has 0 aliphatic carbocycles. The Balaban J connectivity index is 4.01. The standard InChI is InChI=1S/C5H9N5O3/c6-5(13)3(8-10-9-7)1-2-4(11)12/h3,8H,1-2H2,(H2,6,13)(H,11,12)/t3-/m0/s1. The van der Waals surface area contributed by atoms with Crippen molar-refractivity contribution in [1.82, 2.24) is 5.43 Å². The first-order valence-corrected chi connectivity index (χ1v) is 3.38. The van der Waals surface area contributed by atoms with Crippen molar-refractivity contribution >= 4 is 11.9 Å². The highest BCUT2D eigenvalue weighted by Crippen LogP contribution is 1.96. The second-order valence-corrected chi connectivity index (χ2v) is 2.21. The number of nitrogens with zero attached hydrogens (tertiary/aromatic N) is 3. The molecule has 0 aromatic heterocycles. The molecule has 0 aliphatic heterocycles. The van der Waals surface area contributed by atoms with E-state index in [1.807, 2.05) is 0 Å². The van der Waals surface area contributed by atoms with Gasteiger partial charge in [0.05, 0.1) is 0 Å². The lowest BCUT2D eigenvalue weighted by Crippen LogP contribution is -2.38. The summed E-state index contributed by atoms with van der Waals surface area (Å²) < 4.78 is 0. The van der Waals surface area contributed by atoms with E-state index < -0.39 is 17.9 Å². The second-order valence-electron chi connectivity index (χ2n) is 2.21. The van der Waals surface area contributed by atoms with Gasteiger partial charge in [0.1, 0.15) is 0 Å². The minimum absolute atomic E-state index is 0.0102. The van der Waals surface area contributed by atoms with E-state index in [0.29, 0.717) is 0 Å². The minimum atomic E-state index is -1.05. The fourth-order valence-corrected chi connectivity index (χ4v) is 0.634. The van der Waals surface area contributed by atoms with Crippen molar-refractivity contribution in [3.05, 3.63) is 10.4 Å². The van der Waals surface area contributed by atoms with Crippen LogP contribution in [0.25, 0.3) is 10.4 Å². The molecule has 1 atom stereocenters. The number of carbonyl (C=O) groups is 2. The average Bonchev–Trinajstić information content (AvgIpc) is 2.03. The van der Waals surface area contributed by atoms with Crippen LogP contribution in [-0.4, -0.2) is 23.0 Å². The molecular weight excluding hydrogens is 178 g/mol. The average molecular weight is 187 g/mol. The summed E-state index contributed by atoms with van der Waals surface area (Å²) in [7, 11) is 0. The van der Waals surface area contributed by atoms with Crippen LogP contribution >= 0.6 is 0 Å². The maximum absolute atomic E-state index is 10.6. The van der Waals surface area contributed by atoms with Gasteiger partial charge in [0, 0.05) is 12.8 Å². The van der Waals surface area contributed by atoms with Crippen LogP contribution in [0, 0.1) is 0 Å². The van der Waals surface area contributed by atoms with Gasteiger partial charge in [0.15, 0.2) is 6.04 Å². The number of rotatable bonds is 6. The Morgan fingerprint density at radius 1 is 1.69 bits per heavy atom. The SMILES string of the molecule is [N-]=[N+]=NN[C@@H](CCC(=O)O)C(N)=O. The van der Waals surface area contributed by atoms with Crippen LogP contribution in [-0.2, 0) is 9.59 Å². The van der Waals surface area contributed by atoms with Crippen LogP contribution < -0.4 is 11.2 Å². The number of nitrogens with one attached hydrogen (secondary N) is 1. The lowest BCUT2D eigenvalue weighted by Gasteiger charge is -2.06. The molecule has 0 fully saturated rings. The Labute approximate surface area is 73.3 Å². The van der Waals surface area contributed by atoms with Gasteiger partial charge in [-0.25, -0.2) is 5.43 Å². The Bertz CT molecular complexity index is 247. The topological polar surface area (TPSA) is 141 Å². The van der Waals surface area contributed by atoms with E-state index in [9.17, 15) is 9.59 Å². The molecule has 0 saturated carbocycles. The molecule has 8 heteroatoms. The fourth-order valence-electron chi connectivity index (χ4n) is 0.634. The molecule has 13 heavy (non-hydrogen) atoms. The number of aliphatic carboxylic acids is 1. The Morgan fingerprint density at radius 2 is 2.31 bits per heavy atom. The molecule has 0 rings (SSSR count). The molecule has 72 valence electrons. The molecule has 0 unspecified atom stereocenters. The molecule has 0 aromatic carbocycles. The zero-order valence-corrected chi connectivity index (χ0v) is 6.67. The number of carboxylic acid groups (broad SMARTS) is 1. The summed E-state index contributed by atoms with van der Waals surface area (Å²) in [5.41, 5.74) is 14.9. The van der Waals surface area contributed by atoms with Crippen LogP contribution in [0.1, 0.15) is 12.8 Å². The molecule has 4 N–H and O–H groups in total. The molecule has 0 bridgehead atoms. The highest BCUT2D eigenvalue weighted by atomic mass is 16.4. The van der Waals surface area contributed by atoms with Gasteiger partial charge < -0.3 is 10.8 Å².